The largest absolute Gasteiger partial charge is 0.497 e. The predicted molar refractivity (Wildman–Crippen MR) is 155 cm³/mol. The van der Waals surface area contributed by atoms with Crippen LogP contribution in [0, 0.1) is 11.8 Å². The highest BCUT2D eigenvalue weighted by molar-refractivity contribution is 6.40. The molecule has 5 N–H and O–H groups in total. The van der Waals surface area contributed by atoms with Crippen LogP contribution in [0.15, 0.2) is 69.2 Å². The standard InChI is InChI=1S/C29H34Cl2N4O3/c1-4-5-18-6-9-21(16-24(18)27(33)35-28(36)19-7-10-22(38-3)11-8-19)34-29(37)23(12-13-32)20-14-17(2)26(31)25(30)15-20/h6-11,15-17,23H,4-5,12-14,32H2,1-3H3,(H,34,37)(H2,33,35,36). The summed E-state index contributed by atoms with van der Waals surface area (Å²) in [6.45, 7) is 4.37. The molecule has 1 aliphatic rings. The van der Waals surface area contributed by atoms with E-state index in [1.165, 1.54) is 0 Å². The number of methoxy groups -OCH3 is 1. The summed E-state index contributed by atoms with van der Waals surface area (Å²) in [7, 11) is 1.56. The average Bonchev–Trinajstić information content (AvgIpc) is 2.90. The fourth-order valence-electron chi connectivity index (χ4n) is 4.44. The fourth-order valence-corrected chi connectivity index (χ4v) is 4.90. The van der Waals surface area contributed by atoms with Crippen molar-refractivity contribution >= 4 is 46.5 Å². The van der Waals surface area contributed by atoms with Gasteiger partial charge in [0.25, 0.3) is 5.91 Å². The van der Waals surface area contributed by atoms with Gasteiger partial charge in [0.15, 0.2) is 0 Å². The summed E-state index contributed by atoms with van der Waals surface area (Å²) in [6.07, 6.45) is 4.48. The molecule has 9 heteroatoms. The van der Waals surface area contributed by atoms with E-state index in [0.29, 0.717) is 52.0 Å². The van der Waals surface area contributed by atoms with Gasteiger partial charge in [-0.25, -0.2) is 0 Å². The molecule has 2 amide bonds. The highest BCUT2D eigenvalue weighted by Crippen LogP contribution is 2.37. The zero-order valence-electron chi connectivity index (χ0n) is 21.9. The number of aryl methyl sites for hydroxylation is 1. The van der Waals surface area contributed by atoms with Crippen molar-refractivity contribution in [3.63, 3.8) is 0 Å². The lowest BCUT2D eigenvalue weighted by atomic mass is 9.84. The summed E-state index contributed by atoms with van der Waals surface area (Å²) in [6, 6.07) is 12.1. The Morgan fingerprint density at radius 1 is 1.18 bits per heavy atom. The number of hydrogen-bond donors (Lipinski definition) is 3. The number of nitrogens with two attached hydrogens (primary N) is 2. The Hall–Kier alpha value is -3.13. The van der Waals surface area contributed by atoms with Crippen LogP contribution in [0.25, 0.3) is 0 Å². The smallest absolute Gasteiger partial charge is 0.278 e. The average molecular weight is 558 g/mol. The van der Waals surface area contributed by atoms with Crippen LogP contribution in [0.4, 0.5) is 5.69 Å². The van der Waals surface area contributed by atoms with Crippen LogP contribution in [-0.4, -0.2) is 31.3 Å². The van der Waals surface area contributed by atoms with Gasteiger partial charge in [-0.3, -0.25) is 9.59 Å². The second-order valence-corrected chi connectivity index (χ2v) is 10.1. The van der Waals surface area contributed by atoms with Gasteiger partial charge in [-0.15, -0.1) is 0 Å². The third kappa shape index (κ3) is 7.25. The van der Waals surface area contributed by atoms with Gasteiger partial charge in [-0.05, 0) is 79.8 Å². The first kappa shape index (κ1) is 29.4. The molecule has 38 heavy (non-hydrogen) atoms. The van der Waals surface area contributed by atoms with E-state index < -0.39 is 11.8 Å². The number of aliphatic imine (C=N–C) groups is 1. The Kier molecular flexibility index (Phi) is 10.5. The number of rotatable bonds is 10. The lowest BCUT2D eigenvalue weighted by molar-refractivity contribution is -0.119. The van der Waals surface area contributed by atoms with Crippen molar-refractivity contribution in [1.82, 2.24) is 0 Å². The highest BCUT2D eigenvalue weighted by atomic mass is 35.5. The molecule has 3 rings (SSSR count). The van der Waals surface area contributed by atoms with E-state index in [4.69, 9.17) is 39.4 Å². The predicted octanol–water partition coefficient (Wildman–Crippen LogP) is 5.75. The maximum absolute atomic E-state index is 13.4. The molecular weight excluding hydrogens is 523 g/mol. The van der Waals surface area contributed by atoms with Crippen LogP contribution in [-0.2, 0) is 11.2 Å². The first-order valence-electron chi connectivity index (χ1n) is 12.6. The first-order chi connectivity index (χ1) is 18.2. The summed E-state index contributed by atoms with van der Waals surface area (Å²) in [4.78, 5) is 30.3. The van der Waals surface area contributed by atoms with E-state index in [1.54, 1.807) is 43.5 Å². The SMILES string of the molecule is CCCc1ccc(NC(=O)C(CCN)C2=CC(Cl)=C(Cl)C(C)C2)cc1C(N)=NC(=O)c1ccc(OC)cc1. The van der Waals surface area contributed by atoms with Gasteiger partial charge >= 0.3 is 0 Å². The Labute approximate surface area is 233 Å². The molecule has 2 atom stereocenters. The minimum atomic E-state index is -0.466. The Morgan fingerprint density at radius 2 is 1.89 bits per heavy atom. The molecule has 0 radical (unpaired) electrons. The van der Waals surface area contributed by atoms with Crippen molar-refractivity contribution in [3.8, 4) is 5.75 Å². The monoisotopic (exact) mass is 556 g/mol. The molecule has 0 bridgehead atoms. The minimum absolute atomic E-state index is 0.0245. The number of halogens is 2. The Balaban J connectivity index is 1.88. The number of anilines is 1. The summed E-state index contributed by atoms with van der Waals surface area (Å²) < 4.78 is 5.14. The topological polar surface area (TPSA) is 120 Å². The third-order valence-corrected chi connectivity index (χ3v) is 7.45. The molecule has 1 aliphatic carbocycles. The van der Waals surface area contributed by atoms with Crippen LogP contribution >= 0.6 is 23.2 Å². The molecule has 2 aromatic rings. The number of nitrogens with one attached hydrogen (secondary N) is 1. The van der Waals surface area contributed by atoms with E-state index in [-0.39, 0.29) is 17.7 Å². The minimum Gasteiger partial charge on any atom is -0.497 e. The van der Waals surface area contributed by atoms with Crippen molar-refractivity contribution < 1.29 is 14.3 Å². The molecule has 0 aromatic heterocycles. The number of amides is 2. The van der Waals surface area contributed by atoms with Gasteiger partial charge in [-0.2, -0.15) is 4.99 Å². The number of nitrogens with zero attached hydrogens (tertiary/aromatic N) is 1. The molecule has 0 fully saturated rings. The van der Waals surface area contributed by atoms with Crippen molar-refractivity contribution in [2.75, 3.05) is 19.0 Å². The maximum Gasteiger partial charge on any atom is 0.278 e. The highest BCUT2D eigenvalue weighted by Gasteiger charge is 2.28. The van der Waals surface area contributed by atoms with Crippen LogP contribution in [0.1, 0.15) is 54.6 Å². The maximum atomic E-state index is 13.4. The van der Waals surface area contributed by atoms with E-state index >= 15 is 0 Å². The number of carbonyl (C=O) groups excluding carboxylic acids is 2. The Morgan fingerprint density at radius 3 is 2.50 bits per heavy atom. The molecule has 2 unspecified atom stereocenters. The first-order valence-corrected chi connectivity index (χ1v) is 13.4. The summed E-state index contributed by atoms with van der Waals surface area (Å²) in [5.41, 5.74) is 15.5. The molecule has 2 aromatic carbocycles. The number of hydrogen-bond acceptors (Lipinski definition) is 4. The summed E-state index contributed by atoms with van der Waals surface area (Å²) >= 11 is 12.6. The zero-order chi connectivity index (χ0) is 27.8. The van der Waals surface area contributed by atoms with Crippen LogP contribution in [0.2, 0.25) is 0 Å². The molecule has 0 heterocycles. The van der Waals surface area contributed by atoms with Crippen molar-refractivity contribution in [2.24, 2.45) is 28.3 Å². The van der Waals surface area contributed by atoms with Crippen LogP contribution in [0.5, 0.6) is 5.75 Å². The summed E-state index contributed by atoms with van der Waals surface area (Å²) in [5.74, 6) is -0.375. The molecule has 0 saturated heterocycles. The second-order valence-electron chi connectivity index (χ2n) is 9.29. The van der Waals surface area contributed by atoms with Crippen LogP contribution < -0.4 is 21.5 Å². The Bertz CT molecular complexity index is 1270. The van der Waals surface area contributed by atoms with Gasteiger partial charge in [0, 0.05) is 21.8 Å². The van der Waals surface area contributed by atoms with Gasteiger partial charge in [0.2, 0.25) is 5.91 Å². The van der Waals surface area contributed by atoms with E-state index in [1.807, 2.05) is 19.1 Å². The second kappa shape index (κ2) is 13.6. The van der Waals surface area contributed by atoms with E-state index in [9.17, 15) is 9.59 Å². The molecule has 7 nitrogen and oxygen atoms in total. The van der Waals surface area contributed by atoms with Crippen LogP contribution in [0.3, 0.4) is 0 Å². The summed E-state index contributed by atoms with van der Waals surface area (Å²) in [5, 5.41) is 4.04. The molecule has 0 aliphatic heterocycles. The van der Waals surface area contributed by atoms with Gasteiger partial charge in [-0.1, -0.05) is 55.1 Å². The van der Waals surface area contributed by atoms with Crippen molar-refractivity contribution in [3.05, 3.63) is 80.9 Å². The number of allylic oxidation sites excluding steroid dienone is 3. The lowest BCUT2D eigenvalue weighted by Gasteiger charge is -2.26. The number of amidine groups is 1. The third-order valence-electron chi connectivity index (χ3n) is 6.47. The van der Waals surface area contributed by atoms with E-state index in [0.717, 1.165) is 24.0 Å². The van der Waals surface area contributed by atoms with Gasteiger partial charge in [0.1, 0.15) is 11.6 Å². The number of carbonyl (C=O) groups is 2. The molecule has 202 valence electrons. The van der Waals surface area contributed by atoms with E-state index in [2.05, 4.69) is 17.2 Å². The molecule has 0 spiro atoms. The zero-order valence-corrected chi connectivity index (χ0v) is 23.4. The lowest BCUT2D eigenvalue weighted by Crippen LogP contribution is -2.28. The van der Waals surface area contributed by atoms with Crippen molar-refractivity contribution in [1.29, 1.82) is 0 Å². The molecule has 0 saturated carbocycles. The number of benzene rings is 2. The fraction of sp³-hybridized carbons (Fsp3) is 0.345. The molecular formula is C29H34Cl2N4O3. The van der Waals surface area contributed by atoms with Gasteiger partial charge in [0.05, 0.1) is 18.1 Å². The van der Waals surface area contributed by atoms with Crippen molar-refractivity contribution in [2.45, 2.75) is 39.5 Å². The quantitative estimate of drug-likeness (QED) is 0.254. The van der Waals surface area contributed by atoms with Gasteiger partial charge < -0.3 is 21.5 Å². The normalized spacial score (nSPS) is 16.6. The number of ether oxygens (including phenoxy) is 1.